The maximum absolute atomic E-state index is 6.73. The van der Waals surface area contributed by atoms with Crippen LogP contribution in [0, 0.1) is 5.92 Å². The Morgan fingerprint density at radius 3 is 2.22 bits per heavy atom. The molecule has 0 aromatic carbocycles. The molecule has 0 radical (unpaired) electrons. The third-order valence-electron chi connectivity index (χ3n) is 3.95. The van der Waals surface area contributed by atoms with Crippen LogP contribution in [0.4, 0.5) is 0 Å². The van der Waals surface area contributed by atoms with Crippen molar-refractivity contribution in [3.63, 3.8) is 0 Å². The van der Waals surface area contributed by atoms with Crippen molar-refractivity contribution in [1.82, 2.24) is 0 Å². The molecule has 0 bridgehead atoms. The summed E-state index contributed by atoms with van der Waals surface area (Å²) in [6.07, 6.45) is 8.17. The fourth-order valence-corrected chi connectivity index (χ4v) is 4.34. The van der Waals surface area contributed by atoms with Crippen molar-refractivity contribution in [2.24, 2.45) is 5.92 Å². The Morgan fingerprint density at radius 1 is 1.11 bits per heavy atom. The molecule has 0 N–H and O–H groups in total. The standard InChI is InChI=1S/C16H25ClS/c1-16(2,3)14-11-10-13(18-14)15(17)12-8-6-4-5-7-9-12/h10-12,15H,4-9H2,1-3H3. The molecular weight excluding hydrogens is 260 g/mol. The van der Waals surface area contributed by atoms with Gasteiger partial charge in [-0.15, -0.1) is 22.9 Å². The Balaban J connectivity index is 2.08. The first-order valence-corrected chi connectivity index (χ1v) is 8.48. The van der Waals surface area contributed by atoms with Crippen LogP contribution in [-0.2, 0) is 5.41 Å². The van der Waals surface area contributed by atoms with Gasteiger partial charge in [-0.2, -0.15) is 0 Å². The summed E-state index contributed by atoms with van der Waals surface area (Å²) in [6.45, 7) is 6.83. The molecule has 0 spiro atoms. The average molecular weight is 285 g/mol. The van der Waals surface area contributed by atoms with Gasteiger partial charge in [-0.3, -0.25) is 0 Å². The van der Waals surface area contributed by atoms with Crippen molar-refractivity contribution >= 4 is 22.9 Å². The Morgan fingerprint density at radius 2 is 1.72 bits per heavy atom. The van der Waals surface area contributed by atoms with Crippen LogP contribution in [0.3, 0.4) is 0 Å². The molecule has 1 atom stereocenters. The molecule has 1 aromatic heterocycles. The maximum atomic E-state index is 6.73. The van der Waals surface area contributed by atoms with E-state index in [2.05, 4.69) is 32.9 Å². The summed E-state index contributed by atoms with van der Waals surface area (Å²) in [5, 5.41) is 0.240. The van der Waals surface area contributed by atoms with Gasteiger partial charge in [-0.1, -0.05) is 46.5 Å². The smallest absolute Gasteiger partial charge is 0.0706 e. The van der Waals surface area contributed by atoms with Crippen LogP contribution in [0.25, 0.3) is 0 Å². The molecule has 1 unspecified atom stereocenters. The molecule has 18 heavy (non-hydrogen) atoms. The topological polar surface area (TPSA) is 0 Å². The van der Waals surface area contributed by atoms with Crippen LogP contribution in [-0.4, -0.2) is 0 Å². The van der Waals surface area contributed by atoms with E-state index in [-0.39, 0.29) is 10.8 Å². The highest BCUT2D eigenvalue weighted by Crippen LogP contribution is 2.42. The van der Waals surface area contributed by atoms with Gasteiger partial charge < -0.3 is 0 Å². The van der Waals surface area contributed by atoms with E-state index in [4.69, 9.17) is 11.6 Å². The SMILES string of the molecule is CC(C)(C)c1ccc(C(Cl)C2CCCCCC2)s1. The molecule has 1 saturated carbocycles. The van der Waals surface area contributed by atoms with Crippen LogP contribution in [0.15, 0.2) is 12.1 Å². The van der Waals surface area contributed by atoms with Gasteiger partial charge in [0.25, 0.3) is 0 Å². The average Bonchev–Trinajstić information content (AvgIpc) is 2.65. The number of thiophene rings is 1. The van der Waals surface area contributed by atoms with Crippen molar-refractivity contribution in [1.29, 1.82) is 0 Å². The molecule has 2 heteroatoms. The number of halogens is 1. The van der Waals surface area contributed by atoms with E-state index >= 15 is 0 Å². The van der Waals surface area contributed by atoms with Gasteiger partial charge in [-0.25, -0.2) is 0 Å². The quantitative estimate of drug-likeness (QED) is 0.442. The lowest BCUT2D eigenvalue weighted by atomic mass is 9.94. The van der Waals surface area contributed by atoms with E-state index in [1.807, 2.05) is 11.3 Å². The molecule has 1 aromatic rings. The molecule has 102 valence electrons. The van der Waals surface area contributed by atoms with Crippen LogP contribution < -0.4 is 0 Å². The highest BCUT2D eigenvalue weighted by Gasteiger charge is 2.25. The molecule has 1 fully saturated rings. The molecule has 1 aliphatic rings. The highest BCUT2D eigenvalue weighted by molar-refractivity contribution is 7.12. The minimum atomic E-state index is 0.240. The van der Waals surface area contributed by atoms with Gasteiger partial charge in [-0.05, 0) is 36.3 Å². The Labute approximate surface area is 121 Å². The second kappa shape index (κ2) is 5.96. The number of rotatable bonds is 2. The zero-order chi connectivity index (χ0) is 13.2. The van der Waals surface area contributed by atoms with Crippen molar-refractivity contribution in [2.45, 2.75) is 70.1 Å². The molecule has 2 rings (SSSR count). The third kappa shape index (κ3) is 3.51. The second-order valence-electron chi connectivity index (χ2n) is 6.61. The molecule has 0 aliphatic heterocycles. The largest absolute Gasteiger partial charge is 0.143 e. The minimum absolute atomic E-state index is 0.240. The summed E-state index contributed by atoms with van der Waals surface area (Å²) in [5.41, 5.74) is 0.253. The van der Waals surface area contributed by atoms with Crippen LogP contribution in [0.5, 0.6) is 0 Å². The monoisotopic (exact) mass is 284 g/mol. The summed E-state index contributed by atoms with van der Waals surface area (Å²) in [6, 6.07) is 4.53. The van der Waals surface area contributed by atoms with E-state index in [0.29, 0.717) is 5.92 Å². The van der Waals surface area contributed by atoms with E-state index in [0.717, 1.165) is 0 Å². The molecule has 1 heterocycles. The van der Waals surface area contributed by atoms with Crippen molar-refractivity contribution in [3.8, 4) is 0 Å². The minimum Gasteiger partial charge on any atom is -0.143 e. The molecule has 1 aliphatic carbocycles. The lowest BCUT2D eigenvalue weighted by Crippen LogP contribution is -2.08. The second-order valence-corrected chi connectivity index (χ2v) is 8.19. The lowest BCUT2D eigenvalue weighted by molar-refractivity contribution is 0.448. The van der Waals surface area contributed by atoms with Crippen LogP contribution in [0.1, 0.15) is 74.4 Å². The molecule has 0 amide bonds. The molecular formula is C16H25ClS. The highest BCUT2D eigenvalue weighted by atomic mass is 35.5. The van der Waals surface area contributed by atoms with Gasteiger partial charge in [0.2, 0.25) is 0 Å². The third-order valence-corrected chi connectivity index (χ3v) is 6.27. The first-order valence-electron chi connectivity index (χ1n) is 7.23. The fraction of sp³-hybridized carbons (Fsp3) is 0.750. The summed E-state index contributed by atoms with van der Waals surface area (Å²) >= 11 is 8.65. The summed E-state index contributed by atoms with van der Waals surface area (Å²) in [5.74, 6) is 0.695. The molecule has 0 saturated heterocycles. The van der Waals surface area contributed by atoms with E-state index in [1.54, 1.807) is 0 Å². The van der Waals surface area contributed by atoms with Gasteiger partial charge in [0.15, 0.2) is 0 Å². The zero-order valence-corrected chi connectivity index (χ0v) is 13.4. The predicted octanol–water partition coefficient (Wildman–Crippen LogP) is 6.30. The summed E-state index contributed by atoms with van der Waals surface area (Å²) in [7, 11) is 0. The Hall–Kier alpha value is -0.0100. The number of hydrogen-bond acceptors (Lipinski definition) is 1. The van der Waals surface area contributed by atoms with Crippen LogP contribution in [0.2, 0.25) is 0 Å². The lowest BCUT2D eigenvalue weighted by Gasteiger charge is -2.20. The molecule has 0 nitrogen and oxygen atoms in total. The van der Waals surface area contributed by atoms with Crippen molar-refractivity contribution < 1.29 is 0 Å². The first-order chi connectivity index (χ1) is 8.48. The maximum Gasteiger partial charge on any atom is 0.0706 e. The summed E-state index contributed by atoms with van der Waals surface area (Å²) < 4.78 is 0. The predicted molar refractivity (Wildman–Crippen MR) is 82.8 cm³/mol. The van der Waals surface area contributed by atoms with Crippen molar-refractivity contribution in [2.75, 3.05) is 0 Å². The number of hydrogen-bond donors (Lipinski definition) is 0. The van der Waals surface area contributed by atoms with Crippen molar-refractivity contribution in [3.05, 3.63) is 21.9 Å². The van der Waals surface area contributed by atoms with Gasteiger partial charge in [0.05, 0.1) is 5.38 Å². The summed E-state index contributed by atoms with van der Waals surface area (Å²) in [4.78, 5) is 2.84. The fourth-order valence-electron chi connectivity index (χ4n) is 2.74. The van der Waals surface area contributed by atoms with E-state index < -0.39 is 0 Å². The van der Waals surface area contributed by atoms with Gasteiger partial charge in [0, 0.05) is 9.75 Å². The van der Waals surface area contributed by atoms with Crippen LogP contribution >= 0.6 is 22.9 Å². The number of alkyl halides is 1. The Kier molecular flexibility index (Phi) is 4.77. The van der Waals surface area contributed by atoms with E-state index in [9.17, 15) is 0 Å². The van der Waals surface area contributed by atoms with Gasteiger partial charge in [0.1, 0.15) is 0 Å². The van der Waals surface area contributed by atoms with E-state index in [1.165, 1.54) is 48.3 Å². The van der Waals surface area contributed by atoms with Gasteiger partial charge >= 0.3 is 0 Å². The Bertz CT molecular complexity index is 367. The first kappa shape index (κ1) is 14.4. The normalized spacial score (nSPS) is 20.7. The zero-order valence-electron chi connectivity index (χ0n) is 11.8.